The zero-order chi connectivity index (χ0) is 22.1. The molecule has 5 rings (SSSR count). The fourth-order valence-corrected chi connectivity index (χ4v) is 4.22. The molecule has 1 fully saturated rings. The first-order chi connectivity index (χ1) is 15.6. The predicted molar refractivity (Wildman–Crippen MR) is 123 cm³/mol. The number of hydrogen-bond acceptors (Lipinski definition) is 6. The number of anilines is 3. The van der Waals surface area contributed by atoms with E-state index < -0.39 is 6.10 Å². The van der Waals surface area contributed by atoms with Gasteiger partial charge in [0.1, 0.15) is 5.75 Å². The molecule has 164 valence electrons. The summed E-state index contributed by atoms with van der Waals surface area (Å²) in [4.78, 5) is 38.8. The molecule has 0 saturated carbocycles. The quantitative estimate of drug-likeness (QED) is 0.666. The molecular formula is C24H25N5O3. The minimum atomic E-state index is -0.582. The molecule has 0 aliphatic carbocycles. The molecule has 8 nitrogen and oxygen atoms in total. The van der Waals surface area contributed by atoms with Crippen molar-refractivity contribution in [3.63, 3.8) is 0 Å². The number of rotatable bonds is 5. The molecular weight excluding hydrogens is 406 g/mol. The number of ether oxygens (including phenoxy) is 1. The van der Waals surface area contributed by atoms with Crippen LogP contribution in [0.2, 0.25) is 0 Å². The van der Waals surface area contributed by atoms with Crippen molar-refractivity contribution >= 4 is 40.2 Å². The Kier molecular flexibility index (Phi) is 5.34. The second kappa shape index (κ2) is 8.45. The molecule has 0 bridgehead atoms. The summed E-state index contributed by atoms with van der Waals surface area (Å²) in [6, 6.07) is 15.0. The van der Waals surface area contributed by atoms with Gasteiger partial charge in [0.2, 0.25) is 5.91 Å². The highest BCUT2D eigenvalue weighted by atomic mass is 16.5. The molecule has 3 aromatic rings. The number of hydrogen-bond donors (Lipinski definition) is 1. The van der Waals surface area contributed by atoms with E-state index in [9.17, 15) is 9.59 Å². The van der Waals surface area contributed by atoms with Crippen molar-refractivity contribution in [3.8, 4) is 5.75 Å². The highest BCUT2D eigenvalue weighted by Crippen LogP contribution is 2.34. The van der Waals surface area contributed by atoms with Gasteiger partial charge in [-0.25, -0.2) is 9.97 Å². The number of aromatic nitrogens is 2. The van der Waals surface area contributed by atoms with E-state index in [-0.39, 0.29) is 24.8 Å². The van der Waals surface area contributed by atoms with Gasteiger partial charge in [-0.15, -0.1) is 0 Å². The number of nitrogens with one attached hydrogen (secondary N) is 1. The lowest BCUT2D eigenvalue weighted by molar-refractivity contribution is -0.125. The van der Waals surface area contributed by atoms with Crippen LogP contribution in [0.5, 0.6) is 5.75 Å². The van der Waals surface area contributed by atoms with Gasteiger partial charge in [0.25, 0.3) is 5.91 Å². The smallest absolute Gasteiger partial charge is 0.267 e. The maximum absolute atomic E-state index is 12.9. The highest BCUT2D eigenvalue weighted by molar-refractivity contribution is 6.01. The van der Waals surface area contributed by atoms with E-state index in [1.165, 1.54) is 0 Å². The van der Waals surface area contributed by atoms with Crippen LogP contribution in [-0.4, -0.2) is 47.5 Å². The second-order valence-corrected chi connectivity index (χ2v) is 8.09. The Morgan fingerprint density at radius 2 is 1.75 bits per heavy atom. The Hall–Kier alpha value is -3.68. The fourth-order valence-electron chi connectivity index (χ4n) is 4.22. The summed E-state index contributed by atoms with van der Waals surface area (Å²) >= 11 is 0. The van der Waals surface area contributed by atoms with Crippen molar-refractivity contribution in [2.75, 3.05) is 34.8 Å². The number of amides is 2. The molecule has 0 radical (unpaired) electrons. The summed E-state index contributed by atoms with van der Waals surface area (Å²) in [6.45, 7) is 3.77. The Morgan fingerprint density at radius 1 is 1.06 bits per heavy atom. The van der Waals surface area contributed by atoms with Gasteiger partial charge >= 0.3 is 0 Å². The molecule has 32 heavy (non-hydrogen) atoms. The third-order valence-electron chi connectivity index (χ3n) is 5.85. The summed E-state index contributed by atoms with van der Waals surface area (Å²) in [6.07, 6.45) is 1.75. The maximum Gasteiger partial charge on any atom is 0.267 e. The van der Waals surface area contributed by atoms with Gasteiger partial charge in [-0.2, -0.15) is 0 Å². The maximum atomic E-state index is 12.9. The number of carbonyl (C=O) groups is 2. The number of benzene rings is 2. The predicted octanol–water partition coefficient (Wildman–Crippen LogP) is 3.37. The summed E-state index contributed by atoms with van der Waals surface area (Å²) in [5.74, 6) is 1.46. The van der Waals surface area contributed by atoms with Crippen molar-refractivity contribution in [3.05, 3.63) is 48.5 Å². The summed E-state index contributed by atoms with van der Waals surface area (Å²) < 4.78 is 5.67. The Bertz CT molecular complexity index is 1180. The summed E-state index contributed by atoms with van der Waals surface area (Å²) in [7, 11) is 0. The molecule has 1 unspecified atom stereocenters. The van der Waals surface area contributed by atoms with Crippen molar-refractivity contribution in [2.24, 2.45) is 0 Å². The van der Waals surface area contributed by atoms with Gasteiger partial charge in [0.15, 0.2) is 17.7 Å². The van der Waals surface area contributed by atoms with E-state index in [0.717, 1.165) is 37.0 Å². The van der Waals surface area contributed by atoms with Crippen LogP contribution in [0.1, 0.15) is 26.2 Å². The standard InChI is InChI=1S/C24H25N5O3/c1-16-24(31)29(19-10-4-5-11-20(19)32-16)15-12-21(30)27-22-23(28-13-6-7-14-28)26-18-9-3-2-8-17(18)25-22/h2-5,8-11,16H,6-7,12-15H2,1H3,(H,25,27,30). The van der Waals surface area contributed by atoms with Gasteiger partial charge in [-0.3, -0.25) is 9.59 Å². The number of carbonyl (C=O) groups excluding carboxylic acids is 2. The number of para-hydroxylation sites is 4. The van der Waals surface area contributed by atoms with E-state index in [1.807, 2.05) is 48.5 Å². The van der Waals surface area contributed by atoms with Crippen LogP contribution in [-0.2, 0) is 9.59 Å². The normalized spacial score (nSPS) is 17.9. The first-order valence-corrected chi connectivity index (χ1v) is 11.0. The Morgan fingerprint density at radius 3 is 2.53 bits per heavy atom. The molecule has 1 aromatic heterocycles. The average molecular weight is 431 g/mol. The molecule has 1 atom stereocenters. The van der Waals surface area contributed by atoms with Crippen LogP contribution < -0.4 is 19.9 Å². The molecule has 8 heteroatoms. The SMILES string of the molecule is CC1Oc2ccccc2N(CCC(=O)Nc2nc3ccccc3nc2N2CCCC2)C1=O. The summed E-state index contributed by atoms with van der Waals surface area (Å²) in [5, 5.41) is 2.95. The van der Waals surface area contributed by atoms with Crippen LogP contribution >= 0.6 is 0 Å². The zero-order valence-electron chi connectivity index (χ0n) is 18.0. The zero-order valence-corrected chi connectivity index (χ0v) is 18.0. The monoisotopic (exact) mass is 431 g/mol. The van der Waals surface area contributed by atoms with Crippen LogP contribution in [0.3, 0.4) is 0 Å². The molecule has 2 aliphatic rings. The summed E-state index contributed by atoms with van der Waals surface area (Å²) in [5.41, 5.74) is 2.22. The molecule has 3 heterocycles. The number of fused-ring (bicyclic) bond motifs is 2. The van der Waals surface area contributed by atoms with E-state index in [4.69, 9.17) is 9.72 Å². The lowest BCUT2D eigenvalue weighted by Gasteiger charge is -2.32. The van der Waals surface area contributed by atoms with Crippen molar-refractivity contribution in [1.29, 1.82) is 0 Å². The molecule has 2 aromatic carbocycles. The molecule has 1 saturated heterocycles. The Balaban J connectivity index is 1.35. The molecule has 2 aliphatic heterocycles. The average Bonchev–Trinajstić information content (AvgIpc) is 3.34. The first-order valence-electron chi connectivity index (χ1n) is 11.0. The van der Waals surface area contributed by atoms with E-state index in [1.54, 1.807) is 11.8 Å². The fraction of sp³-hybridized carbons (Fsp3) is 0.333. The van der Waals surface area contributed by atoms with Gasteiger partial charge in [0.05, 0.1) is 16.7 Å². The minimum absolute atomic E-state index is 0.140. The lowest BCUT2D eigenvalue weighted by Crippen LogP contribution is -2.45. The van der Waals surface area contributed by atoms with Gasteiger partial charge < -0.3 is 19.9 Å². The third kappa shape index (κ3) is 3.84. The number of nitrogens with zero attached hydrogens (tertiary/aromatic N) is 4. The van der Waals surface area contributed by atoms with Crippen LogP contribution in [0.15, 0.2) is 48.5 Å². The van der Waals surface area contributed by atoms with Crippen LogP contribution in [0.4, 0.5) is 17.3 Å². The van der Waals surface area contributed by atoms with Gasteiger partial charge in [-0.1, -0.05) is 24.3 Å². The first kappa shape index (κ1) is 20.2. The molecule has 1 N–H and O–H groups in total. The van der Waals surface area contributed by atoms with Gasteiger partial charge in [0, 0.05) is 26.1 Å². The van der Waals surface area contributed by atoms with Crippen molar-refractivity contribution in [1.82, 2.24) is 9.97 Å². The topological polar surface area (TPSA) is 87.7 Å². The molecule has 2 amide bonds. The molecule has 0 spiro atoms. The van der Waals surface area contributed by atoms with E-state index >= 15 is 0 Å². The van der Waals surface area contributed by atoms with Gasteiger partial charge in [-0.05, 0) is 44.0 Å². The lowest BCUT2D eigenvalue weighted by atomic mass is 10.1. The van der Waals surface area contributed by atoms with Crippen LogP contribution in [0, 0.1) is 0 Å². The van der Waals surface area contributed by atoms with E-state index in [0.29, 0.717) is 23.1 Å². The van der Waals surface area contributed by atoms with Crippen molar-refractivity contribution in [2.45, 2.75) is 32.3 Å². The third-order valence-corrected chi connectivity index (χ3v) is 5.85. The highest BCUT2D eigenvalue weighted by Gasteiger charge is 2.31. The minimum Gasteiger partial charge on any atom is -0.479 e. The largest absolute Gasteiger partial charge is 0.479 e. The second-order valence-electron chi connectivity index (χ2n) is 8.09. The van der Waals surface area contributed by atoms with Crippen molar-refractivity contribution < 1.29 is 14.3 Å². The van der Waals surface area contributed by atoms with Crippen LogP contribution in [0.25, 0.3) is 11.0 Å². The van der Waals surface area contributed by atoms with E-state index in [2.05, 4.69) is 15.2 Å². The Labute approximate surface area is 186 Å².